The summed E-state index contributed by atoms with van der Waals surface area (Å²) < 4.78 is 10.8. The van der Waals surface area contributed by atoms with Crippen molar-refractivity contribution < 1.29 is 14.3 Å². The molecule has 28 heavy (non-hydrogen) atoms. The molecule has 1 saturated heterocycles. The predicted octanol–water partition coefficient (Wildman–Crippen LogP) is 3.50. The fraction of sp³-hybridized carbons (Fsp3) is 0.364. The molecule has 1 aliphatic rings. The molecule has 146 valence electrons. The smallest absolute Gasteiger partial charge is 0.231 e. The van der Waals surface area contributed by atoms with Crippen molar-refractivity contribution in [1.29, 1.82) is 0 Å². The van der Waals surface area contributed by atoms with Crippen molar-refractivity contribution in [2.24, 2.45) is 0 Å². The molecule has 0 saturated carbocycles. The van der Waals surface area contributed by atoms with E-state index in [2.05, 4.69) is 15.3 Å². The van der Waals surface area contributed by atoms with E-state index in [0.717, 1.165) is 28.2 Å². The van der Waals surface area contributed by atoms with Gasteiger partial charge in [0.2, 0.25) is 5.91 Å². The highest BCUT2D eigenvalue weighted by molar-refractivity contribution is 5.88. The molecule has 1 atom stereocenters. The third-order valence-electron chi connectivity index (χ3n) is 5.59. The van der Waals surface area contributed by atoms with Crippen molar-refractivity contribution >= 4 is 16.9 Å². The van der Waals surface area contributed by atoms with Crippen LogP contribution >= 0.6 is 0 Å². The van der Waals surface area contributed by atoms with Crippen LogP contribution in [0.25, 0.3) is 11.0 Å². The Labute approximate surface area is 164 Å². The molecule has 2 heterocycles. The summed E-state index contributed by atoms with van der Waals surface area (Å²) in [4.78, 5) is 21.4. The maximum atomic E-state index is 13.4. The van der Waals surface area contributed by atoms with Gasteiger partial charge in [0.1, 0.15) is 11.6 Å². The van der Waals surface area contributed by atoms with Crippen LogP contribution in [0.3, 0.4) is 0 Å². The van der Waals surface area contributed by atoms with E-state index in [0.29, 0.717) is 26.1 Å². The van der Waals surface area contributed by atoms with E-state index in [-0.39, 0.29) is 11.9 Å². The highest BCUT2D eigenvalue weighted by atomic mass is 16.5. The zero-order valence-electron chi connectivity index (χ0n) is 16.2. The molecule has 0 spiro atoms. The molecule has 6 heteroatoms. The normalized spacial score (nSPS) is 17.2. The number of carbonyl (C=O) groups excluding carboxylic acids is 1. The Bertz CT molecular complexity index is 926. The van der Waals surface area contributed by atoms with Gasteiger partial charge in [0.05, 0.1) is 29.6 Å². The maximum Gasteiger partial charge on any atom is 0.231 e. The Morgan fingerprint density at radius 1 is 1.18 bits per heavy atom. The molecule has 6 nitrogen and oxygen atoms in total. The molecular weight excluding hydrogens is 354 g/mol. The number of H-pyrrole nitrogens is 1. The summed E-state index contributed by atoms with van der Waals surface area (Å²) >= 11 is 0. The molecule has 1 aliphatic heterocycles. The molecule has 1 aromatic heterocycles. The quantitative estimate of drug-likeness (QED) is 0.711. The number of amides is 1. The Morgan fingerprint density at radius 3 is 2.57 bits per heavy atom. The maximum absolute atomic E-state index is 13.4. The lowest BCUT2D eigenvalue weighted by Gasteiger charge is -2.37. The van der Waals surface area contributed by atoms with Crippen LogP contribution in [0.15, 0.2) is 48.5 Å². The standard InChI is InChI=1S/C22H25N3O3/c1-15(20-24-18-5-3-4-6-19(18)25-20)23-21(26)22(11-13-28-14-12-22)16-7-9-17(27-2)10-8-16/h3-10,15H,11-14H2,1-2H3,(H,23,26)(H,24,25). The predicted molar refractivity (Wildman–Crippen MR) is 107 cm³/mol. The van der Waals surface area contributed by atoms with Gasteiger partial charge in [-0.3, -0.25) is 4.79 Å². The second-order valence-electron chi connectivity index (χ2n) is 7.26. The first-order valence-corrected chi connectivity index (χ1v) is 9.60. The van der Waals surface area contributed by atoms with Crippen LogP contribution in [0.1, 0.15) is 37.2 Å². The highest BCUT2D eigenvalue weighted by Gasteiger charge is 2.42. The number of aromatic nitrogens is 2. The number of nitrogens with zero attached hydrogens (tertiary/aromatic N) is 1. The number of hydrogen-bond acceptors (Lipinski definition) is 4. The fourth-order valence-electron chi connectivity index (χ4n) is 3.86. The van der Waals surface area contributed by atoms with Crippen molar-refractivity contribution in [2.75, 3.05) is 20.3 Å². The third-order valence-corrected chi connectivity index (χ3v) is 5.59. The van der Waals surface area contributed by atoms with Gasteiger partial charge in [-0.2, -0.15) is 0 Å². The van der Waals surface area contributed by atoms with Crippen LogP contribution in [0.2, 0.25) is 0 Å². The van der Waals surface area contributed by atoms with Crippen LogP contribution in [0.5, 0.6) is 5.75 Å². The first kappa shape index (κ1) is 18.5. The number of nitrogens with one attached hydrogen (secondary N) is 2. The monoisotopic (exact) mass is 379 g/mol. The molecule has 0 aliphatic carbocycles. The van der Waals surface area contributed by atoms with Crippen LogP contribution in [-0.4, -0.2) is 36.2 Å². The van der Waals surface area contributed by atoms with E-state index in [1.807, 2.05) is 55.5 Å². The molecule has 1 fully saturated rings. The lowest BCUT2D eigenvalue weighted by atomic mass is 9.73. The van der Waals surface area contributed by atoms with Gasteiger partial charge in [0.15, 0.2) is 0 Å². The average molecular weight is 379 g/mol. The number of ether oxygens (including phenoxy) is 2. The van der Waals surface area contributed by atoms with Crippen molar-refractivity contribution in [3.8, 4) is 5.75 Å². The van der Waals surface area contributed by atoms with Gasteiger partial charge in [0.25, 0.3) is 0 Å². The first-order valence-electron chi connectivity index (χ1n) is 9.60. The summed E-state index contributed by atoms with van der Waals surface area (Å²) in [6.45, 7) is 3.09. The zero-order chi connectivity index (χ0) is 19.6. The molecule has 0 radical (unpaired) electrons. The van der Waals surface area contributed by atoms with Gasteiger partial charge < -0.3 is 19.8 Å². The summed E-state index contributed by atoms with van der Waals surface area (Å²) in [6.07, 6.45) is 1.30. The number of carbonyl (C=O) groups is 1. The zero-order valence-corrected chi connectivity index (χ0v) is 16.2. The summed E-state index contributed by atoms with van der Waals surface area (Å²) in [5, 5.41) is 3.18. The lowest BCUT2D eigenvalue weighted by Crippen LogP contribution is -2.48. The van der Waals surface area contributed by atoms with Gasteiger partial charge in [-0.15, -0.1) is 0 Å². The highest BCUT2D eigenvalue weighted by Crippen LogP contribution is 2.36. The molecule has 2 aromatic carbocycles. The van der Waals surface area contributed by atoms with Crippen molar-refractivity contribution in [2.45, 2.75) is 31.2 Å². The van der Waals surface area contributed by atoms with Gasteiger partial charge in [0, 0.05) is 13.2 Å². The third kappa shape index (κ3) is 3.36. The topological polar surface area (TPSA) is 76.2 Å². The van der Waals surface area contributed by atoms with Crippen LogP contribution in [-0.2, 0) is 14.9 Å². The molecule has 0 bridgehead atoms. The Hall–Kier alpha value is -2.86. The van der Waals surface area contributed by atoms with Crippen LogP contribution in [0, 0.1) is 0 Å². The van der Waals surface area contributed by atoms with Gasteiger partial charge >= 0.3 is 0 Å². The summed E-state index contributed by atoms with van der Waals surface area (Å²) in [5.41, 5.74) is 2.25. The van der Waals surface area contributed by atoms with Crippen molar-refractivity contribution in [1.82, 2.24) is 15.3 Å². The number of aromatic amines is 1. The number of methoxy groups -OCH3 is 1. The fourth-order valence-corrected chi connectivity index (χ4v) is 3.86. The van der Waals surface area contributed by atoms with Gasteiger partial charge in [-0.25, -0.2) is 4.98 Å². The van der Waals surface area contributed by atoms with E-state index in [1.165, 1.54) is 0 Å². The number of benzene rings is 2. The van der Waals surface area contributed by atoms with E-state index >= 15 is 0 Å². The first-order chi connectivity index (χ1) is 13.6. The van der Waals surface area contributed by atoms with E-state index in [9.17, 15) is 4.79 Å². The summed E-state index contributed by atoms with van der Waals surface area (Å²) in [6, 6.07) is 15.4. The molecule has 3 aromatic rings. The second kappa shape index (κ2) is 7.64. The molecule has 2 N–H and O–H groups in total. The van der Waals surface area contributed by atoms with E-state index in [1.54, 1.807) is 7.11 Å². The summed E-state index contributed by atoms with van der Waals surface area (Å²) in [5.74, 6) is 1.54. The number of rotatable bonds is 5. The Balaban J connectivity index is 1.59. The largest absolute Gasteiger partial charge is 0.497 e. The number of imidazole rings is 1. The minimum atomic E-state index is -0.606. The van der Waals surface area contributed by atoms with Crippen LogP contribution in [0.4, 0.5) is 0 Å². The number of fused-ring (bicyclic) bond motifs is 1. The SMILES string of the molecule is COc1ccc(C2(C(=O)NC(C)c3nc4ccccc4[nH]3)CCOCC2)cc1. The minimum absolute atomic E-state index is 0.00826. The molecule has 1 unspecified atom stereocenters. The van der Waals surface area contributed by atoms with Crippen LogP contribution < -0.4 is 10.1 Å². The van der Waals surface area contributed by atoms with E-state index < -0.39 is 5.41 Å². The number of para-hydroxylation sites is 2. The van der Waals surface area contributed by atoms with Crippen molar-refractivity contribution in [3.63, 3.8) is 0 Å². The van der Waals surface area contributed by atoms with Gasteiger partial charge in [-0.05, 0) is 49.6 Å². The molecular formula is C22H25N3O3. The second-order valence-corrected chi connectivity index (χ2v) is 7.26. The Morgan fingerprint density at radius 2 is 1.89 bits per heavy atom. The lowest BCUT2D eigenvalue weighted by molar-refractivity contribution is -0.131. The summed E-state index contributed by atoms with van der Waals surface area (Å²) in [7, 11) is 1.64. The molecule has 4 rings (SSSR count). The molecule has 1 amide bonds. The number of hydrogen-bond donors (Lipinski definition) is 2. The average Bonchev–Trinajstić information content (AvgIpc) is 3.19. The minimum Gasteiger partial charge on any atom is -0.497 e. The van der Waals surface area contributed by atoms with Crippen molar-refractivity contribution in [3.05, 3.63) is 59.9 Å². The Kier molecular flexibility index (Phi) is 5.05. The van der Waals surface area contributed by atoms with E-state index in [4.69, 9.17) is 9.47 Å². The van der Waals surface area contributed by atoms with Gasteiger partial charge in [-0.1, -0.05) is 24.3 Å².